The van der Waals surface area contributed by atoms with Gasteiger partial charge in [0.05, 0.1) is 11.9 Å². The molecule has 1 N–H and O–H groups in total. The Morgan fingerprint density at radius 1 is 1.22 bits per heavy atom. The standard InChI is InChI=1S/C18H17N5O3S/c1-2-23-17(13-8-14-15(9-19-13)26-11-25-14)21-22-18(23)27-10-16(24)20-12-6-4-3-5-7-12/h3-9H,2,10-11H2,1H3,(H,20,24). The van der Waals surface area contributed by atoms with E-state index in [1.807, 2.05) is 41.8 Å². The molecule has 1 aromatic carbocycles. The van der Waals surface area contributed by atoms with Crippen LogP contribution in [0.3, 0.4) is 0 Å². The molecule has 8 nitrogen and oxygen atoms in total. The van der Waals surface area contributed by atoms with Crippen molar-refractivity contribution in [2.45, 2.75) is 18.6 Å². The average Bonchev–Trinajstić information content (AvgIpc) is 3.32. The number of nitrogens with one attached hydrogen (secondary N) is 1. The Labute approximate surface area is 159 Å². The van der Waals surface area contributed by atoms with Gasteiger partial charge in [-0.05, 0) is 19.1 Å². The summed E-state index contributed by atoms with van der Waals surface area (Å²) in [6.45, 7) is 2.84. The van der Waals surface area contributed by atoms with Crippen molar-refractivity contribution in [2.75, 3.05) is 17.9 Å². The Balaban J connectivity index is 1.47. The third-order valence-corrected chi connectivity index (χ3v) is 4.88. The number of thioether (sulfide) groups is 1. The van der Waals surface area contributed by atoms with Crippen LogP contribution < -0.4 is 14.8 Å². The van der Waals surface area contributed by atoms with Crippen molar-refractivity contribution in [1.29, 1.82) is 0 Å². The highest BCUT2D eigenvalue weighted by atomic mass is 32.2. The smallest absolute Gasteiger partial charge is 0.234 e. The normalized spacial score (nSPS) is 12.2. The van der Waals surface area contributed by atoms with Gasteiger partial charge >= 0.3 is 0 Å². The topological polar surface area (TPSA) is 91.2 Å². The molecule has 0 saturated carbocycles. The Bertz CT molecular complexity index is 961. The minimum Gasteiger partial charge on any atom is -0.453 e. The minimum atomic E-state index is -0.0976. The largest absolute Gasteiger partial charge is 0.453 e. The second-order valence-electron chi connectivity index (χ2n) is 5.68. The number of aromatic nitrogens is 4. The maximum absolute atomic E-state index is 12.2. The maximum Gasteiger partial charge on any atom is 0.234 e. The lowest BCUT2D eigenvalue weighted by molar-refractivity contribution is -0.113. The molecular weight excluding hydrogens is 366 g/mol. The van der Waals surface area contributed by atoms with Crippen molar-refractivity contribution in [1.82, 2.24) is 19.7 Å². The van der Waals surface area contributed by atoms with Gasteiger partial charge in [-0.15, -0.1) is 10.2 Å². The van der Waals surface area contributed by atoms with Crippen molar-refractivity contribution in [3.63, 3.8) is 0 Å². The Hall–Kier alpha value is -3.07. The lowest BCUT2D eigenvalue weighted by Gasteiger charge is -2.08. The van der Waals surface area contributed by atoms with Crippen molar-refractivity contribution in [3.8, 4) is 23.0 Å². The van der Waals surface area contributed by atoms with Gasteiger partial charge in [0.1, 0.15) is 5.69 Å². The van der Waals surface area contributed by atoms with Crippen LogP contribution in [-0.2, 0) is 11.3 Å². The molecule has 0 aliphatic carbocycles. The van der Waals surface area contributed by atoms with Crippen molar-refractivity contribution in [3.05, 3.63) is 42.6 Å². The van der Waals surface area contributed by atoms with Crippen LogP contribution in [0.2, 0.25) is 0 Å². The van der Waals surface area contributed by atoms with Crippen LogP contribution in [0.1, 0.15) is 6.92 Å². The predicted octanol–water partition coefficient (Wildman–Crippen LogP) is 2.82. The fourth-order valence-corrected chi connectivity index (χ4v) is 3.45. The molecule has 2 aromatic heterocycles. The van der Waals surface area contributed by atoms with Gasteiger partial charge in [-0.25, -0.2) is 4.98 Å². The van der Waals surface area contributed by atoms with Gasteiger partial charge in [0.2, 0.25) is 12.7 Å². The molecular formula is C18H17N5O3S. The summed E-state index contributed by atoms with van der Waals surface area (Å²) < 4.78 is 12.6. The zero-order valence-electron chi connectivity index (χ0n) is 14.6. The summed E-state index contributed by atoms with van der Waals surface area (Å²) in [5, 5.41) is 12.0. The van der Waals surface area contributed by atoms with Gasteiger partial charge in [-0.3, -0.25) is 4.79 Å². The van der Waals surface area contributed by atoms with Crippen LogP contribution >= 0.6 is 11.8 Å². The molecule has 1 amide bonds. The van der Waals surface area contributed by atoms with E-state index in [0.29, 0.717) is 34.7 Å². The number of carbonyl (C=O) groups is 1. The number of amides is 1. The van der Waals surface area contributed by atoms with Gasteiger partial charge in [-0.2, -0.15) is 0 Å². The molecule has 0 fully saturated rings. The minimum absolute atomic E-state index is 0.0976. The molecule has 0 atom stereocenters. The lowest BCUT2D eigenvalue weighted by atomic mass is 10.3. The summed E-state index contributed by atoms with van der Waals surface area (Å²) >= 11 is 1.33. The van der Waals surface area contributed by atoms with Crippen LogP contribution in [0.5, 0.6) is 11.5 Å². The van der Waals surface area contributed by atoms with E-state index in [2.05, 4.69) is 20.5 Å². The molecule has 27 heavy (non-hydrogen) atoms. The fourth-order valence-electron chi connectivity index (χ4n) is 2.64. The van der Waals surface area contributed by atoms with E-state index >= 15 is 0 Å². The van der Waals surface area contributed by atoms with E-state index in [-0.39, 0.29) is 18.5 Å². The van der Waals surface area contributed by atoms with Crippen molar-refractivity contribution < 1.29 is 14.3 Å². The zero-order valence-corrected chi connectivity index (χ0v) is 15.4. The molecule has 3 heterocycles. The fraction of sp³-hybridized carbons (Fsp3) is 0.222. The maximum atomic E-state index is 12.2. The van der Waals surface area contributed by atoms with Gasteiger partial charge in [0.15, 0.2) is 22.5 Å². The van der Waals surface area contributed by atoms with E-state index in [4.69, 9.17) is 9.47 Å². The molecule has 138 valence electrons. The summed E-state index contributed by atoms with van der Waals surface area (Å²) in [7, 11) is 0. The van der Waals surface area contributed by atoms with E-state index in [0.717, 1.165) is 5.69 Å². The van der Waals surface area contributed by atoms with Gasteiger partial charge in [0, 0.05) is 18.3 Å². The number of hydrogen-bond acceptors (Lipinski definition) is 7. The van der Waals surface area contributed by atoms with E-state index in [9.17, 15) is 4.79 Å². The number of carbonyl (C=O) groups excluding carboxylic acids is 1. The molecule has 0 bridgehead atoms. The first kappa shape index (κ1) is 17.3. The van der Waals surface area contributed by atoms with Crippen LogP contribution in [-0.4, -0.2) is 38.2 Å². The summed E-state index contributed by atoms with van der Waals surface area (Å²) in [5.41, 5.74) is 1.42. The predicted molar refractivity (Wildman–Crippen MR) is 101 cm³/mol. The highest BCUT2D eigenvalue weighted by Crippen LogP contribution is 2.34. The first-order chi connectivity index (χ1) is 13.2. The Morgan fingerprint density at radius 3 is 2.85 bits per heavy atom. The number of ether oxygens (including phenoxy) is 2. The summed E-state index contributed by atoms with van der Waals surface area (Å²) in [6, 6.07) is 11.1. The second kappa shape index (κ2) is 7.67. The van der Waals surface area contributed by atoms with E-state index < -0.39 is 0 Å². The molecule has 0 radical (unpaired) electrons. The highest BCUT2D eigenvalue weighted by Gasteiger charge is 2.20. The summed E-state index contributed by atoms with van der Waals surface area (Å²) in [4.78, 5) is 16.5. The summed E-state index contributed by atoms with van der Waals surface area (Å²) in [6.07, 6.45) is 1.62. The molecule has 9 heteroatoms. The van der Waals surface area contributed by atoms with Gasteiger partial charge < -0.3 is 19.4 Å². The third kappa shape index (κ3) is 3.72. The number of benzene rings is 1. The quantitative estimate of drug-likeness (QED) is 0.655. The highest BCUT2D eigenvalue weighted by molar-refractivity contribution is 7.99. The molecule has 0 spiro atoms. The van der Waals surface area contributed by atoms with Crippen molar-refractivity contribution in [2.24, 2.45) is 0 Å². The van der Waals surface area contributed by atoms with Gasteiger partial charge in [-0.1, -0.05) is 30.0 Å². The molecule has 1 aliphatic heterocycles. The molecule has 4 rings (SSSR count). The average molecular weight is 383 g/mol. The van der Waals surface area contributed by atoms with E-state index in [1.165, 1.54) is 11.8 Å². The van der Waals surface area contributed by atoms with Crippen LogP contribution in [0.4, 0.5) is 5.69 Å². The molecule has 0 saturated heterocycles. The zero-order chi connectivity index (χ0) is 18.6. The number of rotatable bonds is 6. The second-order valence-corrected chi connectivity index (χ2v) is 6.62. The Kier molecular flexibility index (Phi) is 4.93. The SMILES string of the molecule is CCn1c(SCC(=O)Nc2ccccc2)nnc1-c1cc2c(cn1)OCO2. The number of anilines is 1. The molecule has 3 aromatic rings. The number of nitrogens with zero attached hydrogens (tertiary/aromatic N) is 4. The van der Waals surface area contributed by atoms with Gasteiger partial charge in [0.25, 0.3) is 0 Å². The van der Waals surface area contributed by atoms with Crippen molar-refractivity contribution >= 4 is 23.4 Å². The number of pyridine rings is 1. The number of hydrogen-bond donors (Lipinski definition) is 1. The number of para-hydroxylation sites is 1. The molecule has 0 unspecified atom stereocenters. The third-order valence-electron chi connectivity index (χ3n) is 3.91. The monoisotopic (exact) mass is 383 g/mol. The molecule has 1 aliphatic rings. The van der Waals surface area contributed by atoms with Crippen LogP contribution in [0.25, 0.3) is 11.5 Å². The first-order valence-corrected chi connectivity index (χ1v) is 9.40. The lowest BCUT2D eigenvalue weighted by Crippen LogP contribution is -2.14. The summed E-state index contributed by atoms with van der Waals surface area (Å²) in [5.74, 6) is 2.03. The van der Waals surface area contributed by atoms with Crippen LogP contribution in [0, 0.1) is 0 Å². The van der Waals surface area contributed by atoms with E-state index in [1.54, 1.807) is 12.3 Å². The van der Waals surface area contributed by atoms with Crippen LogP contribution in [0.15, 0.2) is 47.8 Å². The Morgan fingerprint density at radius 2 is 2.04 bits per heavy atom. The first-order valence-electron chi connectivity index (χ1n) is 8.41. The number of fused-ring (bicyclic) bond motifs is 1.